The quantitative estimate of drug-likeness (QED) is 0.259. The summed E-state index contributed by atoms with van der Waals surface area (Å²) >= 11 is 4.64. The number of benzene rings is 1. The molecule has 0 aliphatic carbocycles. The van der Waals surface area contributed by atoms with Gasteiger partial charge in [0, 0.05) is 17.5 Å². The molecule has 0 aromatic heterocycles. The third kappa shape index (κ3) is 2.50. The highest BCUT2D eigenvalue weighted by atomic mass is 79.9. The van der Waals surface area contributed by atoms with Crippen molar-refractivity contribution in [2.45, 2.75) is 16.8 Å². The number of nitro benzene ring substituents is 1. The van der Waals surface area contributed by atoms with Crippen LogP contribution < -0.4 is 0 Å². The molecule has 2 atom stereocenters. The zero-order valence-corrected chi connectivity index (χ0v) is 13.4. The van der Waals surface area contributed by atoms with Crippen LogP contribution in [0.1, 0.15) is 5.56 Å². The first-order valence-corrected chi connectivity index (χ1v) is 8.08. The second-order valence-corrected chi connectivity index (χ2v) is 6.62. The molecular weight excluding hydrogens is 376 g/mol. The number of carbonyl (C=O) groups excluding carboxylic acids is 2. The van der Waals surface area contributed by atoms with Crippen molar-refractivity contribution in [3.05, 3.63) is 51.0 Å². The first-order valence-electron chi connectivity index (χ1n) is 6.22. The van der Waals surface area contributed by atoms with E-state index in [4.69, 9.17) is 4.74 Å². The Balaban J connectivity index is 1.59. The van der Waals surface area contributed by atoms with Crippen LogP contribution in [0.25, 0.3) is 0 Å². The summed E-state index contributed by atoms with van der Waals surface area (Å²) in [6.45, 7) is -0.0106. The number of ether oxygens (including phenoxy) is 1. The van der Waals surface area contributed by atoms with Crippen molar-refractivity contribution in [2.75, 3.05) is 0 Å². The van der Waals surface area contributed by atoms with Crippen LogP contribution in [0.15, 0.2) is 35.4 Å². The molecule has 3 rings (SSSR count). The highest BCUT2D eigenvalue weighted by Crippen LogP contribution is 2.44. The lowest BCUT2D eigenvalue weighted by Crippen LogP contribution is -2.58. The van der Waals surface area contributed by atoms with Gasteiger partial charge in [0.2, 0.25) is 5.91 Å². The van der Waals surface area contributed by atoms with E-state index in [0.717, 1.165) is 0 Å². The number of alkyl halides is 1. The number of non-ortho nitro benzene ring substituents is 1. The molecule has 1 saturated heterocycles. The van der Waals surface area contributed by atoms with Gasteiger partial charge < -0.3 is 4.74 Å². The maximum atomic E-state index is 12.0. The zero-order valence-electron chi connectivity index (χ0n) is 11.0. The van der Waals surface area contributed by atoms with Crippen molar-refractivity contribution in [3.63, 3.8) is 0 Å². The highest BCUT2D eigenvalue weighted by Gasteiger charge is 2.52. The van der Waals surface area contributed by atoms with Gasteiger partial charge in [-0.15, -0.1) is 11.8 Å². The molecule has 2 aliphatic heterocycles. The maximum absolute atomic E-state index is 12.0. The minimum Gasteiger partial charge on any atom is -0.456 e. The average molecular weight is 385 g/mol. The number of esters is 1. The Morgan fingerprint density at radius 2 is 2.09 bits per heavy atom. The normalized spacial score (nSPS) is 22.7. The summed E-state index contributed by atoms with van der Waals surface area (Å²) in [6.07, 6.45) is 0. The molecule has 114 valence electrons. The van der Waals surface area contributed by atoms with Crippen molar-refractivity contribution >= 4 is 45.3 Å². The third-order valence-corrected chi connectivity index (χ3v) is 5.65. The van der Waals surface area contributed by atoms with E-state index < -0.39 is 10.9 Å². The number of nitrogens with zero attached hydrogens (tertiary/aromatic N) is 2. The van der Waals surface area contributed by atoms with Crippen LogP contribution in [0.2, 0.25) is 0 Å². The fraction of sp³-hybridized carbons (Fsp3) is 0.231. The second kappa shape index (κ2) is 5.73. The van der Waals surface area contributed by atoms with Crippen LogP contribution in [0.3, 0.4) is 0 Å². The van der Waals surface area contributed by atoms with E-state index >= 15 is 0 Å². The maximum Gasteiger partial charge on any atom is 0.355 e. The Morgan fingerprint density at radius 1 is 1.41 bits per heavy atom. The van der Waals surface area contributed by atoms with Crippen molar-refractivity contribution in [1.29, 1.82) is 0 Å². The molecule has 2 aliphatic rings. The van der Waals surface area contributed by atoms with Gasteiger partial charge in [0.05, 0.1) is 4.92 Å². The molecule has 1 aromatic rings. The van der Waals surface area contributed by atoms with Crippen molar-refractivity contribution in [1.82, 2.24) is 4.90 Å². The molecule has 1 fully saturated rings. The Morgan fingerprint density at radius 3 is 2.73 bits per heavy atom. The molecule has 0 bridgehead atoms. The molecule has 9 heteroatoms. The van der Waals surface area contributed by atoms with Gasteiger partial charge in [0.1, 0.15) is 22.5 Å². The van der Waals surface area contributed by atoms with Gasteiger partial charge in [-0.1, -0.05) is 15.9 Å². The number of amides is 1. The summed E-state index contributed by atoms with van der Waals surface area (Å²) in [6, 6.07) is 5.74. The Bertz CT molecular complexity index is 690. The van der Waals surface area contributed by atoms with Crippen molar-refractivity contribution in [2.24, 2.45) is 0 Å². The molecule has 1 unspecified atom stereocenters. The summed E-state index contributed by atoms with van der Waals surface area (Å²) in [5, 5.41) is 12.1. The third-order valence-electron chi connectivity index (χ3n) is 3.28. The molecule has 1 aromatic carbocycles. The number of β-lactam (4-membered cyclic amide) rings is 1. The largest absolute Gasteiger partial charge is 0.456 e. The molecule has 1 amide bonds. The summed E-state index contributed by atoms with van der Waals surface area (Å²) < 4.78 is 5.15. The molecule has 0 spiro atoms. The first kappa shape index (κ1) is 15.0. The van der Waals surface area contributed by atoms with Gasteiger partial charge in [-0.25, -0.2) is 4.79 Å². The predicted octanol–water partition coefficient (Wildman–Crippen LogP) is 2.16. The highest BCUT2D eigenvalue weighted by molar-refractivity contribution is 9.10. The number of rotatable bonds is 4. The number of fused-ring (bicyclic) bond motifs is 1. The first-order chi connectivity index (χ1) is 10.5. The molecule has 2 heterocycles. The molecule has 22 heavy (non-hydrogen) atoms. The zero-order chi connectivity index (χ0) is 15.9. The topological polar surface area (TPSA) is 89.7 Å². The number of hydrogen-bond donors (Lipinski definition) is 0. The monoisotopic (exact) mass is 384 g/mol. The Labute approximate surface area is 137 Å². The van der Waals surface area contributed by atoms with Crippen LogP contribution in [0, 0.1) is 10.1 Å². The van der Waals surface area contributed by atoms with E-state index in [1.807, 2.05) is 0 Å². The van der Waals surface area contributed by atoms with E-state index in [1.54, 1.807) is 5.41 Å². The lowest BCUT2D eigenvalue weighted by molar-refractivity contribution is -0.384. The molecule has 0 radical (unpaired) electrons. The van der Waals surface area contributed by atoms with Crippen molar-refractivity contribution < 1.29 is 19.2 Å². The van der Waals surface area contributed by atoms with Gasteiger partial charge in [0.25, 0.3) is 5.69 Å². The fourth-order valence-electron chi connectivity index (χ4n) is 2.09. The molecule has 0 N–H and O–H groups in total. The lowest BCUT2D eigenvalue weighted by Gasteiger charge is -2.39. The van der Waals surface area contributed by atoms with E-state index in [-0.39, 0.29) is 34.1 Å². The van der Waals surface area contributed by atoms with Crippen molar-refractivity contribution in [3.8, 4) is 0 Å². The summed E-state index contributed by atoms with van der Waals surface area (Å²) in [5.41, 5.74) is 0.843. The number of halogens is 1. The van der Waals surface area contributed by atoms with E-state index in [1.165, 1.54) is 40.9 Å². The number of nitro groups is 1. The van der Waals surface area contributed by atoms with Gasteiger partial charge in [-0.3, -0.25) is 19.8 Å². The predicted molar refractivity (Wildman–Crippen MR) is 81.9 cm³/mol. The van der Waals surface area contributed by atoms with E-state index in [9.17, 15) is 19.7 Å². The number of carbonyl (C=O) groups is 2. The minimum absolute atomic E-state index is 0.0106. The number of thioether (sulfide) groups is 1. The van der Waals surface area contributed by atoms with Crippen LogP contribution in [-0.4, -0.2) is 31.9 Å². The van der Waals surface area contributed by atoms with E-state index in [2.05, 4.69) is 15.9 Å². The van der Waals surface area contributed by atoms with Gasteiger partial charge in [-0.2, -0.15) is 0 Å². The summed E-state index contributed by atoms with van der Waals surface area (Å²) in [4.78, 5) is 34.9. The van der Waals surface area contributed by atoms with Crippen LogP contribution >= 0.6 is 27.7 Å². The molecule has 7 nitrogen and oxygen atoms in total. The Hall–Kier alpha value is -1.87. The minimum atomic E-state index is -0.582. The fourth-order valence-corrected chi connectivity index (χ4v) is 3.99. The molecular formula is C13H9BrN2O5S. The van der Waals surface area contributed by atoms with Gasteiger partial charge in [-0.05, 0) is 17.7 Å². The summed E-state index contributed by atoms with van der Waals surface area (Å²) in [7, 11) is 0. The average Bonchev–Trinajstić information content (AvgIpc) is 2.93. The van der Waals surface area contributed by atoms with E-state index in [0.29, 0.717) is 5.56 Å². The van der Waals surface area contributed by atoms with Crippen LogP contribution in [0.4, 0.5) is 5.69 Å². The summed E-state index contributed by atoms with van der Waals surface area (Å²) in [5.74, 6) is -0.741. The number of hydrogen-bond acceptors (Lipinski definition) is 6. The second-order valence-electron chi connectivity index (χ2n) is 4.64. The molecule has 0 saturated carbocycles. The SMILES string of the molecule is O=C(OCc1ccc([N+](=O)[O-])cc1)C1=CSC2[C@@H](Br)C(=O)N12. The smallest absolute Gasteiger partial charge is 0.355 e. The van der Waals surface area contributed by atoms with Gasteiger partial charge >= 0.3 is 5.97 Å². The van der Waals surface area contributed by atoms with Crippen LogP contribution in [0.5, 0.6) is 0 Å². The van der Waals surface area contributed by atoms with Gasteiger partial charge in [0.15, 0.2) is 0 Å². The standard InChI is InChI=1S/C13H9BrN2O5S/c14-10-11(17)15-9(6-22-12(10)15)13(18)21-5-7-1-3-8(4-2-7)16(19)20/h1-4,6,10,12H,5H2/t10-,12?/m0/s1. The Kier molecular flexibility index (Phi) is 3.92. The lowest BCUT2D eigenvalue weighted by atomic mass is 10.2. The van der Waals surface area contributed by atoms with Crippen LogP contribution in [-0.2, 0) is 20.9 Å².